The first-order valence-electron chi connectivity index (χ1n) is 5.48. The predicted octanol–water partition coefficient (Wildman–Crippen LogP) is 1.51. The summed E-state index contributed by atoms with van der Waals surface area (Å²) in [5.41, 5.74) is 1.52. The Labute approximate surface area is 99.5 Å². The van der Waals surface area contributed by atoms with E-state index in [1.807, 2.05) is 20.0 Å². The predicted molar refractivity (Wildman–Crippen MR) is 63.8 cm³/mol. The maximum Gasteiger partial charge on any atom is 0.248 e. The van der Waals surface area contributed by atoms with Crippen molar-refractivity contribution in [2.45, 2.75) is 13.3 Å². The Morgan fingerprint density at radius 3 is 2.94 bits per heavy atom. The van der Waals surface area contributed by atoms with E-state index in [1.54, 1.807) is 12.1 Å². The molecule has 1 aromatic carbocycles. The molecule has 2 N–H and O–H groups in total. The molecule has 0 aliphatic carbocycles. The Morgan fingerprint density at radius 2 is 2.18 bits per heavy atom. The number of nitrogens with one attached hydrogen (secondary N) is 1. The molecule has 0 atom stereocenters. The van der Waals surface area contributed by atoms with Crippen LogP contribution in [0.4, 0.5) is 0 Å². The van der Waals surface area contributed by atoms with Gasteiger partial charge < -0.3 is 14.8 Å². The standard InChI is InChI=1S/C12H15N3O2/c1-8-9(4-3-5-10(8)16)12-15-14-11(17-12)6-7-13-2/h3-5,13,16H,6-7H2,1-2H3. The number of hydrogen-bond acceptors (Lipinski definition) is 5. The van der Waals surface area contributed by atoms with Crippen molar-refractivity contribution in [2.24, 2.45) is 0 Å². The van der Waals surface area contributed by atoms with Crippen molar-refractivity contribution in [3.63, 3.8) is 0 Å². The summed E-state index contributed by atoms with van der Waals surface area (Å²) in [6.45, 7) is 2.61. The van der Waals surface area contributed by atoms with Gasteiger partial charge in [-0.05, 0) is 26.1 Å². The number of aromatic hydroxyl groups is 1. The van der Waals surface area contributed by atoms with Crippen molar-refractivity contribution in [1.29, 1.82) is 0 Å². The number of aromatic nitrogens is 2. The molecule has 0 aliphatic rings. The number of phenolic OH excluding ortho intramolecular Hbond substituents is 1. The number of hydrogen-bond donors (Lipinski definition) is 2. The van der Waals surface area contributed by atoms with E-state index in [0.29, 0.717) is 18.2 Å². The maximum absolute atomic E-state index is 9.61. The second-order valence-corrected chi connectivity index (χ2v) is 3.80. The van der Waals surface area contributed by atoms with Crippen LogP contribution in [0.1, 0.15) is 11.5 Å². The average molecular weight is 233 g/mol. The number of likely N-dealkylation sites (N-methyl/N-ethyl adjacent to an activating group) is 1. The Morgan fingerprint density at radius 1 is 1.35 bits per heavy atom. The summed E-state index contributed by atoms with van der Waals surface area (Å²) < 4.78 is 5.53. The van der Waals surface area contributed by atoms with E-state index in [0.717, 1.165) is 17.7 Å². The van der Waals surface area contributed by atoms with Crippen LogP contribution in [0, 0.1) is 6.92 Å². The Bertz CT molecular complexity index is 508. The molecule has 0 fully saturated rings. The molecule has 0 unspecified atom stereocenters. The first-order chi connectivity index (χ1) is 8.22. The molecule has 0 bridgehead atoms. The fourth-order valence-corrected chi connectivity index (χ4v) is 1.55. The zero-order valence-electron chi connectivity index (χ0n) is 9.90. The summed E-state index contributed by atoms with van der Waals surface area (Å²) in [4.78, 5) is 0. The van der Waals surface area contributed by atoms with Crippen LogP contribution >= 0.6 is 0 Å². The van der Waals surface area contributed by atoms with Gasteiger partial charge in [-0.3, -0.25) is 0 Å². The lowest BCUT2D eigenvalue weighted by molar-refractivity contribution is 0.469. The number of phenols is 1. The third-order valence-electron chi connectivity index (χ3n) is 2.59. The summed E-state index contributed by atoms with van der Waals surface area (Å²) in [5.74, 6) is 1.28. The molecule has 5 nitrogen and oxygen atoms in total. The molecule has 2 rings (SSSR count). The van der Waals surface area contributed by atoms with Crippen molar-refractivity contribution in [3.05, 3.63) is 29.7 Å². The molecule has 0 aliphatic heterocycles. The Balaban J connectivity index is 2.27. The van der Waals surface area contributed by atoms with Crippen LogP contribution in [-0.4, -0.2) is 28.9 Å². The highest BCUT2D eigenvalue weighted by Crippen LogP contribution is 2.27. The average Bonchev–Trinajstić information content (AvgIpc) is 2.78. The molecule has 0 radical (unpaired) electrons. The molecule has 1 aromatic heterocycles. The second-order valence-electron chi connectivity index (χ2n) is 3.80. The third-order valence-corrected chi connectivity index (χ3v) is 2.59. The highest BCUT2D eigenvalue weighted by atomic mass is 16.4. The van der Waals surface area contributed by atoms with Gasteiger partial charge >= 0.3 is 0 Å². The molecule has 0 amide bonds. The van der Waals surface area contributed by atoms with Gasteiger partial charge in [-0.2, -0.15) is 0 Å². The van der Waals surface area contributed by atoms with E-state index in [-0.39, 0.29) is 5.75 Å². The first kappa shape index (κ1) is 11.6. The second kappa shape index (κ2) is 4.97. The lowest BCUT2D eigenvalue weighted by atomic mass is 10.1. The molecule has 0 spiro atoms. The Kier molecular flexibility index (Phi) is 3.39. The summed E-state index contributed by atoms with van der Waals surface area (Å²) >= 11 is 0. The van der Waals surface area contributed by atoms with Crippen LogP contribution in [0.25, 0.3) is 11.5 Å². The first-order valence-corrected chi connectivity index (χ1v) is 5.48. The largest absolute Gasteiger partial charge is 0.508 e. The number of rotatable bonds is 4. The van der Waals surface area contributed by atoms with E-state index < -0.39 is 0 Å². The Hall–Kier alpha value is -1.88. The van der Waals surface area contributed by atoms with E-state index in [1.165, 1.54) is 0 Å². The van der Waals surface area contributed by atoms with E-state index in [9.17, 15) is 5.11 Å². The monoisotopic (exact) mass is 233 g/mol. The molecule has 1 heterocycles. The molecule has 0 saturated heterocycles. The zero-order chi connectivity index (χ0) is 12.3. The van der Waals surface area contributed by atoms with Crippen LogP contribution in [0.2, 0.25) is 0 Å². The molecular weight excluding hydrogens is 218 g/mol. The van der Waals surface area contributed by atoms with Crippen LogP contribution in [0.5, 0.6) is 5.75 Å². The molecule has 90 valence electrons. The summed E-state index contributed by atoms with van der Waals surface area (Å²) in [5, 5.41) is 20.6. The molecule has 2 aromatic rings. The van der Waals surface area contributed by atoms with Gasteiger partial charge in [0.15, 0.2) is 0 Å². The molecule has 5 heteroatoms. The van der Waals surface area contributed by atoms with Crippen molar-refractivity contribution < 1.29 is 9.52 Å². The van der Waals surface area contributed by atoms with Gasteiger partial charge in [-0.15, -0.1) is 10.2 Å². The van der Waals surface area contributed by atoms with E-state index >= 15 is 0 Å². The van der Waals surface area contributed by atoms with Gasteiger partial charge in [0.2, 0.25) is 11.8 Å². The lowest BCUT2D eigenvalue weighted by Gasteiger charge is -2.02. The molecule has 0 saturated carbocycles. The van der Waals surface area contributed by atoms with Crippen molar-refractivity contribution in [1.82, 2.24) is 15.5 Å². The van der Waals surface area contributed by atoms with E-state index in [4.69, 9.17) is 4.42 Å². The van der Waals surface area contributed by atoms with Crippen molar-refractivity contribution in [2.75, 3.05) is 13.6 Å². The lowest BCUT2D eigenvalue weighted by Crippen LogP contribution is -2.10. The summed E-state index contributed by atoms with van der Waals surface area (Å²) in [7, 11) is 1.87. The molecular formula is C12H15N3O2. The number of nitrogens with zero attached hydrogens (tertiary/aromatic N) is 2. The molecule has 17 heavy (non-hydrogen) atoms. The van der Waals surface area contributed by atoms with Gasteiger partial charge in [0.05, 0.1) is 0 Å². The van der Waals surface area contributed by atoms with Crippen molar-refractivity contribution in [3.8, 4) is 17.2 Å². The highest BCUT2D eigenvalue weighted by molar-refractivity contribution is 5.61. The SMILES string of the molecule is CNCCc1nnc(-c2cccc(O)c2C)o1. The van der Waals surface area contributed by atoms with Gasteiger partial charge in [0, 0.05) is 24.1 Å². The van der Waals surface area contributed by atoms with Crippen molar-refractivity contribution >= 4 is 0 Å². The summed E-state index contributed by atoms with van der Waals surface area (Å²) in [6, 6.07) is 5.25. The fourth-order valence-electron chi connectivity index (χ4n) is 1.55. The topological polar surface area (TPSA) is 71.2 Å². The maximum atomic E-state index is 9.61. The minimum absolute atomic E-state index is 0.234. The zero-order valence-corrected chi connectivity index (χ0v) is 9.90. The van der Waals surface area contributed by atoms with Gasteiger partial charge in [-0.25, -0.2) is 0 Å². The minimum atomic E-state index is 0.234. The summed E-state index contributed by atoms with van der Waals surface area (Å²) in [6.07, 6.45) is 0.696. The van der Waals surface area contributed by atoms with Crippen LogP contribution in [-0.2, 0) is 6.42 Å². The van der Waals surface area contributed by atoms with Crippen LogP contribution in [0.15, 0.2) is 22.6 Å². The van der Waals surface area contributed by atoms with Crippen LogP contribution in [0.3, 0.4) is 0 Å². The third kappa shape index (κ3) is 2.45. The smallest absolute Gasteiger partial charge is 0.248 e. The van der Waals surface area contributed by atoms with Crippen LogP contribution < -0.4 is 5.32 Å². The van der Waals surface area contributed by atoms with Gasteiger partial charge in [0.1, 0.15) is 5.75 Å². The van der Waals surface area contributed by atoms with Gasteiger partial charge in [-0.1, -0.05) is 6.07 Å². The normalized spacial score (nSPS) is 10.7. The quantitative estimate of drug-likeness (QED) is 0.837. The van der Waals surface area contributed by atoms with E-state index in [2.05, 4.69) is 15.5 Å². The highest BCUT2D eigenvalue weighted by Gasteiger charge is 2.12. The van der Waals surface area contributed by atoms with Gasteiger partial charge in [0.25, 0.3) is 0 Å². The minimum Gasteiger partial charge on any atom is -0.508 e. The fraction of sp³-hybridized carbons (Fsp3) is 0.333. The number of benzene rings is 1.